The van der Waals surface area contributed by atoms with Crippen LogP contribution in [0.5, 0.6) is 0 Å². The van der Waals surface area contributed by atoms with E-state index < -0.39 is 15.5 Å². The summed E-state index contributed by atoms with van der Waals surface area (Å²) in [5, 5.41) is 12.7. The van der Waals surface area contributed by atoms with Gasteiger partial charge in [0, 0.05) is 28.9 Å². The number of rotatable bonds is 2. The van der Waals surface area contributed by atoms with E-state index in [1.54, 1.807) is 0 Å². The summed E-state index contributed by atoms with van der Waals surface area (Å²) in [5.41, 5.74) is 0.00762. The van der Waals surface area contributed by atoms with Gasteiger partial charge in [-0.15, -0.1) is 0 Å². The summed E-state index contributed by atoms with van der Waals surface area (Å²) in [6.07, 6.45) is 1.42. The lowest BCUT2D eigenvalue weighted by Gasteiger charge is -1.93. The molecule has 0 saturated heterocycles. The van der Waals surface area contributed by atoms with Gasteiger partial charge in [0.2, 0.25) is 0 Å². The Morgan fingerprint density at radius 2 is 2.31 bits per heavy atom. The molecule has 1 aromatic heterocycles. The number of aromatic nitrogens is 2. The van der Waals surface area contributed by atoms with Crippen molar-refractivity contribution in [2.24, 2.45) is 7.05 Å². The van der Waals surface area contributed by atoms with Crippen molar-refractivity contribution in [3.63, 3.8) is 0 Å². The lowest BCUT2D eigenvalue weighted by molar-refractivity contribution is 0.0685. The molecule has 0 aromatic carbocycles. The van der Waals surface area contributed by atoms with Crippen molar-refractivity contribution < 1.29 is 14.1 Å². The molecule has 1 unspecified atom stereocenters. The van der Waals surface area contributed by atoms with Crippen LogP contribution in [-0.2, 0) is 16.6 Å². The number of nitrogens with zero attached hydrogens (tertiary/aromatic N) is 2. The summed E-state index contributed by atoms with van der Waals surface area (Å²) in [6.45, 7) is 0. The van der Waals surface area contributed by atoms with E-state index in [1.165, 1.54) is 24.1 Å². The Morgan fingerprint density at radius 3 is 2.54 bits per heavy atom. The van der Waals surface area contributed by atoms with E-state index >= 15 is 0 Å². The minimum Gasteiger partial charge on any atom is -0.477 e. The van der Waals surface area contributed by atoms with Crippen molar-refractivity contribution in [1.29, 1.82) is 0 Å². The quantitative estimate of drug-likeness (QED) is 0.675. The van der Waals surface area contributed by atoms with Crippen molar-refractivity contribution in [3.8, 4) is 0 Å². The van der Waals surface area contributed by atoms with Crippen molar-refractivity contribution in [2.75, 3.05) is 6.26 Å². The normalized spacial score (nSPS) is 15.2. The molecule has 0 radical (unpaired) electrons. The van der Waals surface area contributed by atoms with E-state index in [4.69, 9.17) is 5.11 Å². The minimum atomic E-state index is -2.43. The molecular formula is C7H10N2O3S. The molecule has 0 fully saturated rings. The van der Waals surface area contributed by atoms with E-state index in [0.717, 1.165) is 0 Å². The van der Waals surface area contributed by atoms with E-state index in [0.29, 0.717) is 0 Å². The van der Waals surface area contributed by atoms with Crippen LogP contribution in [0.4, 0.5) is 0 Å². The van der Waals surface area contributed by atoms with Gasteiger partial charge in [0.25, 0.3) is 0 Å². The molecule has 1 atom stereocenters. The number of hydrogen-bond donors (Lipinski definition) is 1. The van der Waals surface area contributed by atoms with Crippen molar-refractivity contribution >= 4 is 21.4 Å². The number of hydrogen-bond acceptors (Lipinski definition) is 3. The molecule has 6 heteroatoms. The lowest BCUT2D eigenvalue weighted by atomic mass is 10.4. The van der Waals surface area contributed by atoms with Gasteiger partial charge in [-0.1, -0.05) is 0 Å². The second-order valence-corrected chi connectivity index (χ2v) is 5.23. The van der Waals surface area contributed by atoms with Crippen molar-refractivity contribution in [1.82, 2.24) is 9.78 Å². The molecule has 1 rings (SSSR count). The molecule has 0 aliphatic carbocycles. The summed E-state index contributed by atoms with van der Waals surface area (Å²) >= 11 is 0. The van der Waals surface area contributed by atoms with E-state index in [1.807, 2.05) is 0 Å². The molecule has 0 amide bonds. The first-order valence-electron chi connectivity index (χ1n) is 3.42. The van der Waals surface area contributed by atoms with Gasteiger partial charge < -0.3 is 5.11 Å². The highest BCUT2D eigenvalue weighted by atomic mass is 32.2. The van der Waals surface area contributed by atoms with Gasteiger partial charge in [-0.05, 0) is 5.87 Å². The first-order valence-corrected chi connectivity index (χ1v) is 5.55. The molecule has 0 spiro atoms. The molecule has 0 bridgehead atoms. The van der Waals surface area contributed by atoms with Gasteiger partial charge in [0.05, 0.1) is 0 Å². The van der Waals surface area contributed by atoms with Crippen molar-refractivity contribution in [2.45, 2.75) is 5.03 Å². The minimum absolute atomic E-state index is 0.00762. The van der Waals surface area contributed by atoms with Crippen LogP contribution < -0.4 is 0 Å². The van der Waals surface area contributed by atoms with E-state index in [2.05, 4.69) is 11.0 Å². The standard InChI is InChI=1S/C7H10N2O3S/c1-9-5(7(10)11)4-6(8-9)13(2,3)12/h4H,2H2,1,3H3,(H,10,11). The smallest absolute Gasteiger partial charge is 0.354 e. The number of aromatic carboxylic acids is 1. The molecule has 0 aliphatic rings. The highest BCUT2D eigenvalue weighted by Gasteiger charge is 2.14. The number of aryl methyl sites for hydroxylation is 1. The molecule has 5 nitrogen and oxygen atoms in total. The van der Waals surface area contributed by atoms with E-state index in [-0.39, 0.29) is 10.7 Å². The Bertz CT molecular complexity index is 444. The first-order chi connectivity index (χ1) is 5.82. The fourth-order valence-electron chi connectivity index (χ4n) is 0.852. The summed E-state index contributed by atoms with van der Waals surface area (Å²) in [7, 11) is -0.949. The van der Waals surface area contributed by atoms with Crippen molar-refractivity contribution in [3.05, 3.63) is 11.8 Å². The van der Waals surface area contributed by atoms with Crippen LogP contribution in [0.25, 0.3) is 0 Å². The summed E-state index contributed by atoms with van der Waals surface area (Å²) < 4.78 is 12.6. The summed E-state index contributed by atoms with van der Waals surface area (Å²) in [5.74, 6) is 2.32. The monoisotopic (exact) mass is 202 g/mol. The number of carbonyl (C=O) groups is 1. The number of carboxylic acids is 1. The Balaban J connectivity index is 3.33. The summed E-state index contributed by atoms with van der Waals surface area (Å²) in [4.78, 5) is 10.6. The van der Waals surface area contributed by atoms with E-state index in [9.17, 15) is 9.00 Å². The highest BCUT2D eigenvalue weighted by molar-refractivity contribution is 7.99. The van der Waals surface area contributed by atoms with Gasteiger partial charge in [-0.25, -0.2) is 4.79 Å². The third-order valence-electron chi connectivity index (χ3n) is 1.52. The molecule has 0 saturated carbocycles. The third kappa shape index (κ3) is 1.89. The second kappa shape index (κ2) is 2.88. The van der Waals surface area contributed by atoms with Crippen LogP contribution in [0.1, 0.15) is 10.5 Å². The summed E-state index contributed by atoms with van der Waals surface area (Å²) in [6, 6.07) is 1.28. The highest BCUT2D eigenvalue weighted by Crippen LogP contribution is 2.08. The van der Waals surface area contributed by atoms with Crippen LogP contribution in [0, 0.1) is 0 Å². The van der Waals surface area contributed by atoms with Crippen LogP contribution >= 0.6 is 0 Å². The molecule has 1 heterocycles. The predicted molar refractivity (Wildman–Crippen MR) is 49.6 cm³/mol. The maximum Gasteiger partial charge on any atom is 0.354 e. The Morgan fingerprint density at radius 1 is 1.77 bits per heavy atom. The zero-order chi connectivity index (χ0) is 10.2. The zero-order valence-electron chi connectivity index (χ0n) is 7.35. The maximum absolute atomic E-state index is 11.4. The Labute approximate surface area is 76.0 Å². The van der Waals surface area contributed by atoms with Crippen LogP contribution in [0.15, 0.2) is 11.1 Å². The Hall–Kier alpha value is -1.30. The molecule has 0 aliphatic heterocycles. The molecular weight excluding hydrogens is 192 g/mol. The fourth-order valence-corrected chi connectivity index (χ4v) is 1.51. The maximum atomic E-state index is 11.4. The predicted octanol–water partition coefficient (Wildman–Crippen LogP) is -0.177. The van der Waals surface area contributed by atoms with Crippen LogP contribution in [0.2, 0.25) is 0 Å². The largest absolute Gasteiger partial charge is 0.477 e. The fraction of sp³-hybridized carbons (Fsp3) is 0.286. The molecule has 1 aromatic rings. The van der Waals surface area contributed by atoms with Crippen LogP contribution in [-0.4, -0.2) is 37.2 Å². The zero-order valence-corrected chi connectivity index (χ0v) is 8.17. The van der Waals surface area contributed by atoms with Gasteiger partial charge in [-0.2, -0.15) is 5.10 Å². The second-order valence-electron chi connectivity index (χ2n) is 2.80. The third-order valence-corrected chi connectivity index (χ3v) is 2.60. The van der Waals surface area contributed by atoms with Gasteiger partial charge in [0.15, 0.2) is 0 Å². The van der Waals surface area contributed by atoms with Crippen LogP contribution in [0.3, 0.4) is 0 Å². The molecule has 72 valence electrons. The Kier molecular flexibility index (Phi) is 2.17. The lowest BCUT2D eigenvalue weighted by Crippen LogP contribution is -2.05. The van der Waals surface area contributed by atoms with Gasteiger partial charge in [0.1, 0.15) is 10.7 Å². The molecule has 13 heavy (non-hydrogen) atoms. The topological polar surface area (TPSA) is 72.2 Å². The van der Waals surface area contributed by atoms with Gasteiger partial charge in [-0.3, -0.25) is 8.89 Å². The average molecular weight is 202 g/mol. The average Bonchev–Trinajstić information content (AvgIpc) is 2.29. The molecule has 1 N–H and O–H groups in total. The first kappa shape index (κ1) is 9.79. The number of carboxylic acid groups (broad SMARTS) is 1. The SMILES string of the molecule is C=S(C)(=O)c1cc(C(=O)O)n(C)n1. The van der Waals surface area contributed by atoms with Gasteiger partial charge >= 0.3 is 5.97 Å².